The van der Waals surface area contributed by atoms with Gasteiger partial charge in [-0.1, -0.05) is 5.16 Å². The van der Waals surface area contributed by atoms with Gasteiger partial charge in [0.1, 0.15) is 0 Å². The third-order valence-electron chi connectivity index (χ3n) is 5.57. The summed E-state index contributed by atoms with van der Waals surface area (Å²) in [5, 5.41) is 7.23. The van der Waals surface area contributed by atoms with Crippen molar-refractivity contribution in [2.24, 2.45) is 5.41 Å². The number of nitrogens with one attached hydrogen (secondary N) is 1. The van der Waals surface area contributed by atoms with Crippen LogP contribution in [0.1, 0.15) is 45.4 Å². The molecule has 2 aromatic heterocycles. The van der Waals surface area contributed by atoms with Crippen LogP contribution in [0.15, 0.2) is 29.0 Å². The van der Waals surface area contributed by atoms with Gasteiger partial charge in [-0.05, 0) is 45.7 Å². The first kappa shape index (κ1) is 18.9. The SMILES string of the molecule is CC(C)(C)NC(=O)N1CC(c2nc(-c3cccnc3)no2)C2(CCOCC2)C1. The van der Waals surface area contributed by atoms with E-state index in [1.165, 1.54) is 0 Å². The Morgan fingerprint density at radius 3 is 2.79 bits per heavy atom. The minimum absolute atomic E-state index is 0.0000368. The zero-order valence-electron chi connectivity index (χ0n) is 16.6. The predicted octanol–water partition coefficient (Wildman–Crippen LogP) is 2.84. The largest absolute Gasteiger partial charge is 0.381 e. The number of likely N-dealkylation sites (tertiary alicyclic amines) is 1. The van der Waals surface area contributed by atoms with Gasteiger partial charge in [0.25, 0.3) is 0 Å². The second-order valence-electron chi connectivity index (χ2n) is 8.79. The molecule has 2 aliphatic heterocycles. The zero-order chi connectivity index (χ0) is 19.8. The van der Waals surface area contributed by atoms with Crippen molar-refractivity contribution in [2.45, 2.75) is 45.1 Å². The van der Waals surface area contributed by atoms with Crippen LogP contribution in [0.4, 0.5) is 4.79 Å². The first-order valence-corrected chi connectivity index (χ1v) is 9.75. The normalized spacial score (nSPS) is 21.8. The maximum atomic E-state index is 12.8. The summed E-state index contributed by atoms with van der Waals surface area (Å²) in [4.78, 5) is 23.5. The molecule has 1 spiro atoms. The molecule has 1 N–H and O–H groups in total. The third-order valence-corrected chi connectivity index (χ3v) is 5.57. The van der Waals surface area contributed by atoms with Crippen molar-refractivity contribution in [3.63, 3.8) is 0 Å². The molecule has 0 aromatic carbocycles. The fourth-order valence-corrected chi connectivity index (χ4v) is 4.14. The molecular weight excluding hydrogens is 358 g/mol. The molecule has 2 aliphatic rings. The van der Waals surface area contributed by atoms with Gasteiger partial charge in [-0.15, -0.1) is 0 Å². The van der Waals surface area contributed by atoms with E-state index in [4.69, 9.17) is 9.26 Å². The quantitative estimate of drug-likeness (QED) is 0.854. The van der Waals surface area contributed by atoms with Crippen LogP contribution in [0, 0.1) is 5.41 Å². The molecule has 2 amide bonds. The highest BCUT2D eigenvalue weighted by Gasteiger charge is 2.51. The van der Waals surface area contributed by atoms with Crippen LogP contribution in [-0.4, -0.2) is 57.9 Å². The Morgan fingerprint density at radius 1 is 1.32 bits per heavy atom. The van der Waals surface area contributed by atoms with Crippen molar-refractivity contribution in [3.05, 3.63) is 30.4 Å². The van der Waals surface area contributed by atoms with E-state index in [9.17, 15) is 4.79 Å². The average Bonchev–Trinajstić information content (AvgIpc) is 3.27. The van der Waals surface area contributed by atoms with Gasteiger partial charge in [0.15, 0.2) is 0 Å². The van der Waals surface area contributed by atoms with Crippen molar-refractivity contribution in [1.29, 1.82) is 0 Å². The number of ether oxygens (including phenoxy) is 1. The summed E-state index contributed by atoms with van der Waals surface area (Å²) in [5.41, 5.74) is 0.446. The Kier molecular flexibility index (Phi) is 4.82. The van der Waals surface area contributed by atoms with Gasteiger partial charge in [0, 0.05) is 55.2 Å². The third kappa shape index (κ3) is 3.73. The van der Waals surface area contributed by atoms with Crippen molar-refractivity contribution in [2.75, 3.05) is 26.3 Å². The highest BCUT2D eigenvalue weighted by atomic mass is 16.5. The Morgan fingerprint density at radius 2 is 2.11 bits per heavy atom. The zero-order valence-corrected chi connectivity index (χ0v) is 16.6. The Balaban J connectivity index is 1.60. The summed E-state index contributed by atoms with van der Waals surface area (Å²) in [6.07, 6.45) is 5.18. The molecule has 150 valence electrons. The molecule has 0 radical (unpaired) electrons. The summed E-state index contributed by atoms with van der Waals surface area (Å²) in [6.45, 7) is 8.58. The van der Waals surface area contributed by atoms with Gasteiger partial charge < -0.3 is 19.5 Å². The van der Waals surface area contributed by atoms with E-state index in [1.54, 1.807) is 12.4 Å². The highest BCUT2D eigenvalue weighted by Crippen LogP contribution is 2.49. The number of carbonyl (C=O) groups is 1. The molecule has 2 saturated heterocycles. The summed E-state index contributed by atoms with van der Waals surface area (Å²) in [7, 11) is 0. The molecule has 8 nitrogen and oxygen atoms in total. The molecule has 4 rings (SSSR count). The summed E-state index contributed by atoms with van der Waals surface area (Å²) in [5.74, 6) is 1.12. The number of pyridine rings is 1. The van der Waals surface area contributed by atoms with Gasteiger partial charge >= 0.3 is 6.03 Å². The van der Waals surface area contributed by atoms with Gasteiger partial charge in [-0.3, -0.25) is 4.98 Å². The number of carbonyl (C=O) groups excluding carboxylic acids is 1. The van der Waals surface area contributed by atoms with Crippen LogP contribution >= 0.6 is 0 Å². The molecule has 0 bridgehead atoms. The number of rotatable bonds is 2. The molecule has 28 heavy (non-hydrogen) atoms. The predicted molar refractivity (Wildman–Crippen MR) is 103 cm³/mol. The molecule has 2 fully saturated rings. The summed E-state index contributed by atoms with van der Waals surface area (Å²) < 4.78 is 11.3. The minimum Gasteiger partial charge on any atom is -0.381 e. The minimum atomic E-state index is -0.282. The fraction of sp³-hybridized carbons (Fsp3) is 0.600. The maximum absolute atomic E-state index is 12.8. The number of nitrogens with zero attached hydrogens (tertiary/aromatic N) is 4. The standard InChI is InChI=1S/C20H27N5O3/c1-19(2,3)23-18(26)25-12-15(20(13-25)6-9-27-10-7-20)17-22-16(24-28-17)14-5-4-8-21-11-14/h4-5,8,11,15H,6-7,9-10,12-13H2,1-3H3,(H,23,26). The highest BCUT2D eigenvalue weighted by molar-refractivity contribution is 5.75. The molecule has 1 atom stereocenters. The fourth-order valence-electron chi connectivity index (χ4n) is 4.14. The average molecular weight is 385 g/mol. The molecule has 2 aromatic rings. The Labute approximate surface area is 164 Å². The lowest BCUT2D eigenvalue weighted by Gasteiger charge is -2.36. The van der Waals surface area contributed by atoms with E-state index in [0.717, 1.165) is 18.4 Å². The number of hydrogen-bond donors (Lipinski definition) is 1. The second kappa shape index (κ2) is 7.16. The van der Waals surface area contributed by atoms with Crippen molar-refractivity contribution >= 4 is 6.03 Å². The monoisotopic (exact) mass is 385 g/mol. The number of hydrogen-bond acceptors (Lipinski definition) is 6. The lowest BCUT2D eigenvalue weighted by atomic mass is 9.72. The number of urea groups is 1. The molecular formula is C20H27N5O3. The van der Waals surface area contributed by atoms with Crippen LogP contribution in [0.2, 0.25) is 0 Å². The topological polar surface area (TPSA) is 93.4 Å². The van der Waals surface area contributed by atoms with E-state index in [0.29, 0.717) is 38.0 Å². The summed E-state index contributed by atoms with van der Waals surface area (Å²) in [6, 6.07) is 3.70. The first-order chi connectivity index (χ1) is 13.4. The van der Waals surface area contributed by atoms with Crippen molar-refractivity contribution < 1.29 is 14.1 Å². The lowest BCUT2D eigenvalue weighted by molar-refractivity contribution is 0.00935. The van der Waals surface area contributed by atoms with E-state index in [1.807, 2.05) is 37.8 Å². The molecule has 0 aliphatic carbocycles. The van der Waals surface area contributed by atoms with E-state index < -0.39 is 0 Å². The number of aromatic nitrogens is 3. The molecule has 0 saturated carbocycles. The van der Waals surface area contributed by atoms with Crippen LogP contribution in [-0.2, 0) is 4.74 Å². The van der Waals surface area contributed by atoms with E-state index >= 15 is 0 Å². The Hall–Kier alpha value is -2.48. The van der Waals surface area contributed by atoms with Gasteiger partial charge in [-0.25, -0.2) is 4.79 Å². The van der Waals surface area contributed by atoms with Crippen LogP contribution in [0.3, 0.4) is 0 Å². The van der Waals surface area contributed by atoms with Crippen LogP contribution in [0.25, 0.3) is 11.4 Å². The lowest BCUT2D eigenvalue weighted by Crippen LogP contribution is -2.48. The van der Waals surface area contributed by atoms with E-state index in [-0.39, 0.29) is 22.9 Å². The molecule has 1 unspecified atom stereocenters. The van der Waals surface area contributed by atoms with Crippen LogP contribution in [0.5, 0.6) is 0 Å². The van der Waals surface area contributed by atoms with E-state index in [2.05, 4.69) is 20.4 Å². The van der Waals surface area contributed by atoms with Gasteiger partial charge in [0.2, 0.25) is 11.7 Å². The van der Waals surface area contributed by atoms with Gasteiger partial charge in [-0.2, -0.15) is 4.98 Å². The second-order valence-corrected chi connectivity index (χ2v) is 8.79. The first-order valence-electron chi connectivity index (χ1n) is 9.75. The van der Waals surface area contributed by atoms with Crippen molar-refractivity contribution in [3.8, 4) is 11.4 Å². The number of amides is 2. The summed E-state index contributed by atoms with van der Waals surface area (Å²) >= 11 is 0. The van der Waals surface area contributed by atoms with Gasteiger partial charge in [0.05, 0.1) is 5.92 Å². The van der Waals surface area contributed by atoms with Crippen LogP contribution < -0.4 is 5.32 Å². The smallest absolute Gasteiger partial charge is 0.317 e. The maximum Gasteiger partial charge on any atom is 0.317 e. The molecule has 4 heterocycles. The van der Waals surface area contributed by atoms with Crippen molar-refractivity contribution in [1.82, 2.24) is 25.3 Å². The molecule has 8 heteroatoms. The Bertz CT molecular complexity index is 824.